The molecular formula is C23H35Cl2N3O3S. The van der Waals surface area contributed by atoms with Gasteiger partial charge in [0.1, 0.15) is 5.75 Å². The van der Waals surface area contributed by atoms with Gasteiger partial charge in [0.05, 0.1) is 24.6 Å². The van der Waals surface area contributed by atoms with Gasteiger partial charge in [-0.3, -0.25) is 10.1 Å². The summed E-state index contributed by atoms with van der Waals surface area (Å²) in [6.45, 7) is 4.57. The SMILES string of the molecule is COc1ccc(N(C(C)C)S(C)(=O)=O)cc1CC1(c2ccccc2)CCCCN1N.Cl.Cl. The molecule has 1 aliphatic rings. The predicted molar refractivity (Wildman–Crippen MR) is 137 cm³/mol. The van der Waals surface area contributed by atoms with Crippen LogP contribution in [0.4, 0.5) is 5.69 Å². The molecule has 0 aliphatic carbocycles. The van der Waals surface area contributed by atoms with Gasteiger partial charge in [-0.15, -0.1) is 24.8 Å². The summed E-state index contributed by atoms with van der Waals surface area (Å²) in [5, 5.41) is 1.95. The highest BCUT2D eigenvalue weighted by Crippen LogP contribution is 2.41. The monoisotopic (exact) mass is 503 g/mol. The van der Waals surface area contributed by atoms with Crippen molar-refractivity contribution in [2.75, 3.05) is 24.2 Å². The first kappa shape index (κ1) is 28.5. The minimum atomic E-state index is -3.41. The number of hydrogen-bond acceptors (Lipinski definition) is 5. The number of ether oxygens (including phenoxy) is 1. The second-order valence-corrected chi connectivity index (χ2v) is 10.2. The van der Waals surface area contributed by atoms with E-state index in [4.69, 9.17) is 10.6 Å². The van der Waals surface area contributed by atoms with E-state index < -0.39 is 10.0 Å². The van der Waals surface area contributed by atoms with Crippen LogP contribution in [0.2, 0.25) is 0 Å². The van der Waals surface area contributed by atoms with Crippen molar-refractivity contribution in [2.24, 2.45) is 5.84 Å². The summed E-state index contributed by atoms with van der Waals surface area (Å²) in [6.07, 6.45) is 4.97. The fourth-order valence-electron chi connectivity index (χ4n) is 4.64. The summed E-state index contributed by atoms with van der Waals surface area (Å²) in [6, 6.07) is 15.7. The summed E-state index contributed by atoms with van der Waals surface area (Å²) >= 11 is 0. The Kier molecular flexibility index (Phi) is 10.3. The zero-order valence-corrected chi connectivity index (χ0v) is 21.6. The van der Waals surface area contributed by atoms with Gasteiger partial charge in [0.2, 0.25) is 10.0 Å². The van der Waals surface area contributed by atoms with E-state index in [2.05, 4.69) is 12.1 Å². The van der Waals surface area contributed by atoms with E-state index in [-0.39, 0.29) is 36.4 Å². The van der Waals surface area contributed by atoms with Crippen molar-refractivity contribution >= 4 is 40.5 Å². The smallest absolute Gasteiger partial charge is 0.232 e. The third kappa shape index (κ3) is 5.88. The van der Waals surface area contributed by atoms with Crippen LogP contribution in [0.1, 0.15) is 44.2 Å². The van der Waals surface area contributed by atoms with Crippen LogP contribution in [0, 0.1) is 0 Å². The van der Waals surface area contributed by atoms with Crippen molar-refractivity contribution in [3.05, 3.63) is 59.7 Å². The third-order valence-corrected chi connectivity index (χ3v) is 7.28. The number of halogens is 2. The molecular weight excluding hydrogens is 469 g/mol. The Balaban J connectivity index is 0.00000256. The van der Waals surface area contributed by atoms with E-state index in [1.54, 1.807) is 13.2 Å². The summed E-state index contributed by atoms with van der Waals surface area (Å²) in [7, 11) is -1.76. The molecule has 9 heteroatoms. The topological polar surface area (TPSA) is 75.9 Å². The zero-order valence-electron chi connectivity index (χ0n) is 19.2. The lowest BCUT2D eigenvalue weighted by molar-refractivity contribution is 0.0421. The number of benzene rings is 2. The van der Waals surface area contributed by atoms with E-state index in [1.807, 2.05) is 49.2 Å². The van der Waals surface area contributed by atoms with Crippen LogP contribution in [-0.2, 0) is 22.0 Å². The fourth-order valence-corrected chi connectivity index (χ4v) is 5.90. The fraction of sp³-hybridized carbons (Fsp3) is 0.478. The van der Waals surface area contributed by atoms with Gasteiger partial charge in [-0.2, -0.15) is 0 Å². The quantitative estimate of drug-likeness (QED) is 0.562. The number of anilines is 1. The second kappa shape index (κ2) is 11.6. The van der Waals surface area contributed by atoms with Gasteiger partial charge in [0.25, 0.3) is 0 Å². The van der Waals surface area contributed by atoms with Gasteiger partial charge in [-0.1, -0.05) is 30.3 Å². The van der Waals surface area contributed by atoms with Crippen LogP contribution in [0.15, 0.2) is 48.5 Å². The largest absolute Gasteiger partial charge is 0.496 e. The highest BCUT2D eigenvalue weighted by atomic mass is 35.5. The Morgan fingerprint density at radius 3 is 2.31 bits per heavy atom. The zero-order chi connectivity index (χ0) is 21.9. The maximum absolute atomic E-state index is 12.4. The lowest BCUT2D eigenvalue weighted by Gasteiger charge is -2.45. The first-order valence-electron chi connectivity index (χ1n) is 10.4. The van der Waals surface area contributed by atoms with Crippen LogP contribution in [0.5, 0.6) is 5.75 Å². The Morgan fingerprint density at radius 2 is 1.78 bits per heavy atom. The molecule has 0 bridgehead atoms. The molecule has 180 valence electrons. The Bertz CT molecular complexity index is 974. The van der Waals surface area contributed by atoms with Crippen LogP contribution in [-0.4, -0.2) is 39.4 Å². The maximum Gasteiger partial charge on any atom is 0.232 e. The van der Waals surface area contributed by atoms with Crippen molar-refractivity contribution in [1.82, 2.24) is 5.01 Å². The van der Waals surface area contributed by atoms with Crippen LogP contribution in [0.3, 0.4) is 0 Å². The molecule has 1 unspecified atom stereocenters. The number of sulfonamides is 1. The molecule has 6 nitrogen and oxygen atoms in total. The Hall–Kier alpha value is -1.51. The van der Waals surface area contributed by atoms with Gasteiger partial charge in [-0.05, 0) is 68.9 Å². The standard InChI is InChI=1S/C23H33N3O3S.2ClH/c1-18(2)26(30(4,27)28)21-12-13-22(29-3)19(16-21)17-23(14-8-9-15-25(23)24)20-10-6-5-7-11-20;;/h5-7,10-13,16,18H,8-9,14-15,17,24H2,1-4H3;2*1H. The van der Waals surface area contributed by atoms with Crippen molar-refractivity contribution in [3.8, 4) is 5.75 Å². The molecule has 0 saturated carbocycles. The first-order valence-corrected chi connectivity index (χ1v) is 12.3. The second-order valence-electron chi connectivity index (χ2n) is 8.37. The number of hydrogen-bond donors (Lipinski definition) is 1. The molecule has 2 N–H and O–H groups in total. The number of nitrogens with zero attached hydrogens (tertiary/aromatic N) is 2. The molecule has 0 amide bonds. The molecule has 1 saturated heterocycles. The van der Waals surface area contributed by atoms with Crippen molar-refractivity contribution in [2.45, 2.75) is 51.1 Å². The van der Waals surface area contributed by atoms with E-state index in [0.717, 1.165) is 37.1 Å². The minimum absolute atomic E-state index is 0. The molecule has 1 heterocycles. The van der Waals surface area contributed by atoms with Gasteiger partial charge in [0.15, 0.2) is 0 Å². The molecule has 1 atom stereocenters. The average molecular weight is 505 g/mol. The molecule has 3 rings (SSSR count). The van der Waals surface area contributed by atoms with Crippen LogP contribution < -0.4 is 14.9 Å². The Morgan fingerprint density at radius 1 is 1.12 bits per heavy atom. The molecule has 1 fully saturated rings. The number of piperidine rings is 1. The summed E-state index contributed by atoms with van der Waals surface area (Å²) < 4.78 is 32.0. The van der Waals surface area contributed by atoms with E-state index in [0.29, 0.717) is 12.1 Å². The molecule has 2 aromatic carbocycles. The molecule has 0 spiro atoms. The highest BCUT2D eigenvalue weighted by Gasteiger charge is 2.40. The Labute approximate surface area is 205 Å². The summed E-state index contributed by atoms with van der Waals surface area (Å²) in [5.41, 5.74) is 2.40. The van der Waals surface area contributed by atoms with E-state index in [1.165, 1.54) is 16.1 Å². The normalized spacial score (nSPS) is 19.1. The lowest BCUT2D eigenvalue weighted by Crippen LogP contribution is -2.54. The molecule has 32 heavy (non-hydrogen) atoms. The molecule has 2 aromatic rings. The number of rotatable bonds is 7. The number of methoxy groups -OCH3 is 1. The third-order valence-electron chi connectivity index (χ3n) is 5.93. The minimum Gasteiger partial charge on any atom is -0.496 e. The van der Waals surface area contributed by atoms with Gasteiger partial charge in [0, 0.05) is 12.6 Å². The van der Waals surface area contributed by atoms with E-state index >= 15 is 0 Å². The van der Waals surface area contributed by atoms with Crippen LogP contribution in [0.25, 0.3) is 0 Å². The van der Waals surface area contributed by atoms with Gasteiger partial charge in [-0.25, -0.2) is 13.4 Å². The summed E-state index contributed by atoms with van der Waals surface area (Å²) in [4.78, 5) is 0. The highest BCUT2D eigenvalue weighted by molar-refractivity contribution is 7.92. The van der Waals surface area contributed by atoms with Gasteiger partial charge >= 0.3 is 0 Å². The summed E-state index contributed by atoms with van der Waals surface area (Å²) in [5.74, 6) is 7.33. The number of hydrazine groups is 1. The first-order chi connectivity index (χ1) is 14.2. The molecule has 0 radical (unpaired) electrons. The van der Waals surface area contributed by atoms with E-state index in [9.17, 15) is 8.42 Å². The molecule has 0 aromatic heterocycles. The lowest BCUT2D eigenvalue weighted by atomic mass is 9.77. The maximum atomic E-state index is 12.4. The molecule has 1 aliphatic heterocycles. The van der Waals surface area contributed by atoms with Crippen molar-refractivity contribution in [1.29, 1.82) is 0 Å². The van der Waals surface area contributed by atoms with Crippen molar-refractivity contribution < 1.29 is 13.2 Å². The van der Waals surface area contributed by atoms with Gasteiger partial charge < -0.3 is 4.74 Å². The average Bonchev–Trinajstić information content (AvgIpc) is 2.69. The number of nitrogens with two attached hydrogens (primary N) is 1. The van der Waals surface area contributed by atoms with Crippen LogP contribution >= 0.6 is 24.8 Å². The predicted octanol–water partition coefficient (Wildman–Crippen LogP) is 4.51. The van der Waals surface area contributed by atoms with Crippen molar-refractivity contribution in [3.63, 3.8) is 0 Å².